The van der Waals surface area contributed by atoms with E-state index >= 15 is 0 Å². The third-order valence-electron chi connectivity index (χ3n) is 4.68. The number of piperidine rings is 1. The van der Waals surface area contributed by atoms with Crippen molar-refractivity contribution in [1.29, 1.82) is 0 Å². The summed E-state index contributed by atoms with van der Waals surface area (Å²) < 4.78 is 0. The fourth-order valence-electron chi connectivity index (χ4n) is 3.43. The van der Waals surface area contributed by atoms with Gasteiger partial charge in [-0.15, -0.1) is 0 Å². The Morgan fingerprint density at radius 1 is 1.25 bits per heavy atom. The second-order valence-electron chi connectivity index (χ2n) is 6.35. The molecule has 1 aromatic carbocycles. The number of benzene rings is 1. The maximum Gasteiger partial charge on any atom is 0.237 e. The van der Waals surface area contributed by atoms with Crippen LogP contribution in [0, 0.1) is 5.92 Å². The van der Waals surface area contributed by atoms with Crippen molar-refractivity contribution in [3.63, 3.8) is 0 Å². The van der Waals surface area contributed by atoms with E-state index in [0.29, 0.717) is 12.0 Å². The lowest BCUT2D eigenvalue weighted by atomic mass is 9.88. The van der Waals surface area contributed by atoms with Crippen LogP contribution in [-0.2, 0) is 17.6 Å². The lowest BCUT2D eigenvalue weighted by Crippen LogP contribution is -2.51. The number of nitrogens with one attached hydrogen (secondary N) is 2. The number of rotatable bonds is 2. The van der Waals surface area contributed by atoms with E-state index in [1.807, 2.05) is 0 Å². The van der Waals surface area contributed by atoms with Crippen molar-refractivity contribution in [2.75, 3.05) is 6.54 Å². The van der Waals surface area contributed by atoms with Gasteiger partial charge in [0.15, 0.2) is 0 Å². The molecule has 3 unspecified atom stereocenters. The van der Waals surface area contributed by atoms with Crippen LogP contribution in [0.2, 0.25) is 0 Å². The number of carbonyl (C=O) groups excluding carboxylic acids is 1. The van der Waals surface area contributed by atoms with Crippen LogP contribution in [0.1, 0.15) is 37.3 Å². The summed E-state index contributed by atoms with van der Waals surface area (Å²) in [5.74, 6) is 0.847. The molecule has 1 amide bonds. The summed E-state index contributed by atoms with van der Waals surface area (Å²) in [5.41, 5.74) is 2.84. The molecule has 2 aliphatic rings. The minimum Gasteiger partial charge on any atom is -0.352 e. The quantitative estimate of drug-likeness (QED) is 0.865. The largest absolute Gasteiger partial charge is 0.352 e. The predicted molar refractivity (Wildman–Crippen MR) is 80.6 cm³/mol. The van der Waals surface area contributed by atoms with Crippen LogP contribution in [0.5, 0.6) is 0 Å². The number of hydrogen-bond donors (Lipinski definition) is 2. The summed E-state index contributed by atoms with van der Waals surface area (Å²) in [6, 6.07) is 8.90. The van der Waals surface area contributed by atoms with Gasteiger partial charge in [0.25, 0.3) is 0 Å². The standard InChI is InChI=1S/C17H24N2O/c1-12-8-9-18-16(10-12)17(20)19-15-7-6-13-4-2-3-5-14(13)11-15/h2-5,12,15-16,18H,6-11H2,1H3,(H,19,20). The highest BCUT2D eigenvalue weighted by atomic mass is 16.2. The number of carbonyl (C=O) groups is 1. The molecule has 1 fully saturated rings. The zero-order chi connectivity index (χ0) is 13.9. The second-order valence-corrected chi connectivity index (χ2v) is 6.35. The van der Waals surface area contributed by atoms with Crippen LogP contribution in [0.3, 0.4) is 0 Å². The van der Waals surface area contributed by atoms with E-state index in [4.69, 9.17) is 0 Å². The highest BCUT2D eigenvalue weighted by molar-refractivity contribution is 5.82. The third-order valence-corrected chi connectivity index (χ3v) is 4.68. The molecule has 1 aromatic rings. The Morgan fingerprint density at radius 3 is 2.85 bits per heavy atom. The van der Waals surface area contributed by atoms with Crippen LogP contribution < -0.4 is 10.6 Å². The van der Waals surface area contributed by atoms with Gasteiger partial charge in [0.2, 0.25) is 5.91 Å². The van der Waals surface area contributed by atoms with Crippen LogP contribution in [0.15, 0.2) is 24.3 Å². The van der Waals surface area contributed by atoms with E-state index in [9.17, 15) is 4.79 Å². The fourth-order valence-corrected chi connectivity index (χ4v) is 3.43. The first-order valence-electron chi connectivity index (χ1n) is 7.83. The molecule has 0 radical (unpaired) electrons. The summed E-state index contributed by atoms with van der Waals surface area (Å²) >= 11 is 0. The average Bonchev–Trinajstić information content (AvgIpc) is 2.47. The number of hydrogen-bond acceptors (Lipinski definition) is 2. The Labute approximate surface area is 121 Å². The molecule has 0 bridgehead atoms. The summed E-state index contributed by atoms with van der Waals surface area (Å²) in [6.07, 6.45) is 5.26. The van der Waals surface area contributed by atoms with Crippen molar-refractivity contribution in [2.45, 2.75) is 51.1 Å². The van der Waals surface area contributed by atoms with Crippen molar-refractivity contribution < 1.29 is 4.79 Å². The third kappa shape index (κ3) is 3.04. The summed E-state index contributed by atoms with van der Waals surface area (Å²) in [4.78, 5) is 12.4. The molecule has 0 saturated carbocycles. The predicted octanol–water partition coefficient (Wildman–Crippen LogP) is 2.05. The van der Waals surface area contributed by atoms with Gasteiger partial charge in [-0.05, 0) is 55.7 Å². The molecule has 2 N–H and O–H groups in total. The van der Waals surface area contributed by atoms with E-state index < -0.39 is 0 Å². The van der Waals surface area contributed by atoms with Gasteiger partial charge in [0.05, 0.1) is 6.04 Å². The van der Waals surface area contributed by atoms with Crippen LogP contribution in [0.4, 0.5) is 0 Å². The molecule has 3 heteroatoms. The molecule has 1 heterocycles. The maximum absolute atomic E-state index is 12.4. The van der Waals surface area contributed by atoms with Crippen LogP contribution in [-0.4, -0.2) is 24.5 Å². The molecule has 3 rings (SSSR count). The average molecular weight is 272 g/mol. The zero-order valence-electron chi connectivity index (χ0n) is 12.2. The van der Waals surface area contributed by atoms with E-state index in [1.165, 1.54) is 17.5 Å². The van der Waals surface area contributed by atoms with Crippen molar-refractivity contribution in [3.8, 4) is 0 Å². The zero-order valence-corrected chi connectivity index (χ0v) is 12.2. The molecular weight excluding hydrogens is 248 g/mol. The minimum atomic E-state index is 0.0101. The monoisotopic (exact) mass is 272 g/mol. The van der Waals surface area contributed by atoms with Gasteiger partial charge in [-0.1, -0.05) is 31.2 Å². The van der Waals surface area contributed by atoms with Crippen molar-refractivity contribution in [2.24, 2.45) is 5.92 Å². The smallest absolute Gasteiger partial charge is 0.237 e. The molecular formula is C17H24N2O. The van der Waals surface area contributed by atoms with Gasteiger partial charge in [-0.25, -0.2) is 0 Å². The SMILES string of the molecule is CC1CCNC(C(=O)NC2CCc3ccccc3C2)C1. The first kappa shape index (κ1) is 13.6. The van der Waals surface area contributed by atoms with Crippen LogP contribution >= 0.6 is 0 Å². The Balaban J connectivity index is 1.58. The van der Waals surface area contributed by atoms with Gasteiger partial charge in [0.1, 0.15) is 0 Å². The Hall–Kier alpha value is -1.35. The van der Waals surface area contributed by atoms with Crippen molar-refractivity contribution in [3.05, 3.63) is 35.4 Å². The van der Waals surface area contributed by atoms with Crippen LogP contribution in [0.25, 0.3) is 0 Å². The first-order valence-corrected chi connectivity index (χ1v) is 7.83. The lowest BCUT2D eigenvalue weighted by molar-refractivity contribution is -0.124. The Kier molecular flexibility index (Phi) is 4.06. The summed E-state index contributed by atoms with van der Waals surface area (Å²) in [6.45, 7) is 3.20. The normalized spacial score (nSPS) is 29.6. The van der Waals surface area contributed by atoms with E-state index in [0.717, 1.165) is 32.2 Å². The van der Waals surface area contributed by atoms with E-state index in [2.05, 4.69) is 41.8 Å². The maximum atomic E-state index is 12.4. The van der Waals surface area contributed by atoms with Gasteiger partial charge < -0.3 is 10.6 Å². The molecule has 1 aliphatic heterocycles. The van der Waals surface area contributed by atoms with E-state index in [-0.39, 0.29) is 11.9 Å². The molecule has 108 valence electrons. The molecule has 3 atom stereocenters. The first-order chi connectivity index (χ1) is 9.72. The highest BCUT2D eigenvalue weighted by Crippen LogP contribution is 2.21. The molecule has 3 nitrogen and oxygen atoms in total. The van der Waals surface area contributed by atoms with Gasteiger partial charge in [-0.2, -0.15) is 0 Å². The topological polar surface area (TPSA) is 41.1 Å². The van der Waals surface area contributed by atoms with Gasteiger partial charge in [0, 0.05) is 6.04 Å². The molecule has 20 heavy (non-hydrogen) atoms. The van der Waals surface area contributed by atoms with Crippen molar-refractivity contribution in [1.82, 2.24) is 10.6 Å². The Morgan fingerprint density at radius 2 is 2.05 bits per heavy atom. The molecule has 1 saturated heterocycles. The second kappa shape index (κ2) is 5.96. The molecule has 0 spiro atoms. The van der Waals surface area contributed by atoms with Crippen molar-refractivity contribution >= 4 is 5.91 Å². The fraction of sp³-hybridized carbons (Fsp3) is 0.588. The summed E-state index contributed by atoms with van der Waals surface area (Å²) in [5, 5.41) is 6.59. The lowest BCUT2D eigenvalue weighted by Gasteiger charge is -2.31. The number of fused-ring (bicyclic) bond motifs is 1. The summed E-state index contributed by atoms with van der Waals surface area (Å²) in [7, 11) is 0. The molecule has 1 aliphatic carbocycles. The van der Waals surface area contributed by atoms with Gasteiger partial charge >= 0.3 is 0 Å². The highest BCUT2D eigenvalue weighted by Gasteiger charge is 2.27. The van der Waals surface area contributed by atoms with E-state index in [1.54, 1.807) is 0 Å². The Bertz CT molecular complexity index is 486. The number of amides is 1. The number of aryl methyl sites for hydroxylation is 1. The molecule has 0 aromatic heterocycles. The van der Waals surface area contributed by atoms with Gasteiger partial charge in [-0.3, -0.25) is 4.79 Å². The minimum absolute atomic E-state index is 0.0101.